The van der Waals surface area contributed by atoms with Gasteiger partial charge < -0.3 is 19.8 Å². The Morgan fingerprint density at radius 3 is 2.40 bits per heavy atom. The Morgan fingerprint density at radius 1 is 1.27 bits per heavy atom. The second kappa shape index (κ2) is 6.34. The van der Waals surface area contributed by atoms with Crippen LogP contribution >= 0.6 is 12.4 Å². The van der Waals surface area contributed by atoms with Gasteiger partial charge in [-0.1, -0.05) is 0 Å². The van der Waals surface area contributed by atoms with Crippen LogP contribution in [0.15, 0.2) is 12.1 Å². The largest absolute Gasteiger partial charge is 0.504 e. The Morgan fingerprint density at radius 2 is 1.93 bits per heavy atom. The van der Waals surface area contributed by atoms with Crippen LogP contribution in [0.5, 0.6) is 17.2 Å². The molecule has 0 radical (unpaired) electrons. The summed E-state index contributed by atoms with van der Waals surface area (Å²) >= 11 is 0. The molecule has 0 aromatic heterocycles. The molecule has 0 bridgehead atoms. The minimum absolute atomic E-state index is 0. The fourth-order valence-electron chi connectivity index (χ4n) is 1.13. The number of hydrogen-bond donors (Lipinski definition) is 3. The molecule has 0 fully saturated rings. The molecule has 0 unspecified atom stereocenters. The van der Waals surface area contributed by atoms with Gasteiger partial charge in [-0.05, 0) is 6.07 Å². The lowest BCUT2D eigenvalue weighted by Crippen LogP contribution is -2.06. The highest BCUT2D eigenvalue weighted by atomic mass is 35.5. The second-order valence-corrected chi connectivity index (χ2v) is 2.67. The van der Waals surface area contributed by atoms with E-state index in [0.717, 1.165) is 0 Å². The number of aromatic hydroxyl groups is 1. The molecule has 0 saturated heterocycles. The van der Waals surface area contributed by atoms with Gasteiger partial charge in [0.2, 0.25) is 0 Å². The molecule has 1 aromatic carbocycles. The van der Waals surface area contributed by atoms with Crippen LogP contribution in [0.4, 0.5) is 0 Å². The van der Waals surface area contributed by atoms with Crippen LogP contribution in [0, 0.1) is 0 Å². The number of methoxy groups -OCH3 is 2. The molecule has 1 rings (SSSR count). The summed E-state index contributed by atoms with van der Waals surface area (Å²) in [5, 5.41) is 18.1. The average molecular weight is 236 g/mol. The second-order valence-electron chi connectivity index (χ2n) is 2.67. The van der Waals surface area contributed by atoms with Gasteiger partial charge in [0, 0.05) is 18.2 Å². The van der Waals surface area contributed by atoms with E-state index in [1.54, 1.807) is 12.1 Å². The van der Waals surface area contributed by atoms with E-state index in [-0.39, 0.29) is 24.7 Å². The summed E-state index contributed by atoms with van der Waals surface area (Å²) in [6, 6.07) is 3.18. The van der Waals surface area contributed by atoms with Crippen molar-refractivity contribution in [1.82, 2.24) is 5.48 Å². The van der Waals surface area contributed by atoms with Crippen LogP contribution in [0.1, 0.15) is 5.56 Å². The summed E-state index contributed by atoms with van der Waals surface area (Å²) in [7, 11) is 2.96. The fourth-order valence-corrected chi connectivity index (χ4v) is 1.13. The molecule has 86 valence electrons. The summed E-state index contributed by atoms with van der Waals surface area (Å²) in [5.41, 5.74) is 2.46. The molecule has 0 spiro atoms. The van der Waals surface area contributed by atoms with Crippen molar-refractivity contribution in [1.29, 1.82) is 0 Å². The number of benzene rings is 1. The number of rotatable bonds is 4. The van der Waals surface area contributed by atoms with E-state index in [1.165, 1.54) is 14.2 Å². The van der Waals surface area contributed by atoms with Crippen LogP contribution in [0.3, 0.4) is 0 Å². The maximum absolute atomic E-state index is 9.61. The van der Waals surface area contributed by atoms with Gasteiger partial charge in [0.05, 0.1) is 14.2 Å². The first-order chi connectivity index (χ1) is 6.72. The highest BCUT2D eigenvalue weighted by Crippen LogP contribution is 2.34. The van der Waals surface area contributed by atoms with Crippen LogP contribution in [0.25, 0.3) is 0 Å². The average Bonchev–Trinajstić information content (AvgIpc) is 2.21. The lowest BCUT2D eigenvalue weighted by Gasteiger charge is -2.10. The predicted octanol–water partition coefficient (Wildman–Crippen LogP) is 1.31. The highest BCUT2D eigenvalue weighted by molar-refractivity contribution is 5.85. The summed E-state index contributed by atoms with van der Waals surface area (Å²) in [4.78, 5) is 0. The van der Waals surface area contributed by atoms with Crippen LogP contribution in [0.2, 0.25) is 0 Å². The maximum Gasteiger partial charge on any atom is 0.164 e. The van der Waals surface area contributed by atoms with Gasteiger partial charge in [0.1, 0.15) is 5.75 Å². The molecule has 0 heterocycles. The Kier molecular flexibility index (Phi) is 5.84. The molecule has 1 aromatic rings. The van der Waals surface area contributed by atoms with E-state index >= 15 is 0 Å². The SMILES string of the molecule is COc1cc(CNO)c(O)c(OC)c1.Cl. The minimum Gasteiger partial charge on any atom is -0.504 e. The third kappa shape index (κ3) is 3.16. The molecule has 0 atom stereocenters. The van der Waals surface area contributed by atoms with Gasteiger partial charge in [-0.25, -0.2) is 5.48 Å². The molecule has 5 nitrogen and oxygen atoms in total. The van der Waals surface area contributed by atoms with Gasteiger partial charge in [-0.3, -0.25) is 0 Å². The molecule has 0 amide bonds. The molecular weight excluding hydrogens is 222 g/mol. The molecule has 6 heteroatoms. The monoisotopic (exact) mass is 235 g/mol. The van der Waals surface area contributed by atoms with E-state index in [4.69, 9.17) is 14.7 Å². The van der Waals surface area contributed by atoms with Crippen molar-refractivity contribution in [2.75, 3.05) is 14.2 Å². The van der Waals surface area contributed by atoms with E-state index in [9.17, 15) is 5.11 Å². The van der Waals surface area contributed by atoms with Gasteiger partial charge in [-0.15, -0.1) is 12.4 Å². The standard InChI is InChI=1S/C9H13NO4.ClH/c1-13-7-3-6(5-10-12)9(11)8(4-7)14-2;/h3-4,10-12H,5H2,1-2H3;1H. The Hall–Kier alpha value is -1.17. The van der Waals surface area contributed by atoms with E-state index in [0.29, 0.717) is 17.1 Å². The molecule has 3 N–H and O–H groups in total. The van der Waals surface area contributed by atoms with Crippen molar-refractivity contribution in [3.63, 3.8) is 0 Å². The Labute approximate surface area is 94.0 Å². The summed E-state index contributed by atoms with van der Waals surface area (Å²) in [6.07, 6.45) is 0. The van der Waals surface area contributed by atoms with Crippen molar-refractivity contribution < 1.29 is 19.8 Å². The Bertz CT molecular complexity index is 319. The van der Waals surface area contributed by atoms with Crippen molar-refractivity contribution in [2.45, 2.75) is 6.54 Å². The lowest BCUT2D eigenvalue weighted by molar-refractivity contribution is 0.160. The molecule has 0 aliphatic rings. The number of hydrogen-bond acceptors (Lipinski definition) is 5. The number of ether oxygens (including phenoxy) is 2. The van der Waals surface area contributed by atoms with Gasteiger partial charge in [0.25, 0.3) is 0 Å². The summed E-state index contributed by atoms with van der Waals surface area (Å²) < 4.78 is 9.93. The zero-order valence-corrected chi connectivity index (χ0v) is 9.30. The first-order valence-electron chi connectivity index (χ1n) is 4.03. The normalized spacial score (nSPS) is 9.27. The van der Waals surface area contributed by atoms with Gasteiger partial charge >= 0.3 is 0 Å². The predicted molar refractivity (Wildman–Crippen MR) is 57.1 cm³/mol. The molecule has 15 heavy (non-hydrogen) atoms. The smallest absolute Gasteiger partial charge is 0.164 e. The number of halogens is 1. The highest BCUT2D eigenvalue weighted by Gasteiger charge is 2.10. The molecule has 0 aliphatic heterocycles. The third-order valence-corrected chi connectivity index (χ3v) is 1.85. The first-order valence-corrected chi connectivity index (χ1v) is 4.03. The van der Waals surface area contributed by atoms with E-state index in [2.05, 4.69) is 0 Å². The van der Waals surface area contributed by atoms with Crippen LogP contribution in [-0.4, -0.2) is 24.5 Å². The Balaban J connectivity index is 0.00000196. The van der Waals surface area contributed by atoms with Crippen molar-refractivity contribution >= 4 is 12.4 Å². The lowest BCUT2D eigenvalue weighted by atomic mass is 10.1. The van der Waals surface area contributed by atoms with Crippen LogP contribution < -0.4 is 15.0 Å². The first kappa shape index (κ1) is 13.8. The fraction of sp³-hybridized carbons (Fsp3) is 0.333. The zero-order valence-electron chi connectivity index (χ0n) is 8.48. The molecule has 0 aliphatic carbocycles. The number of nitrogens with one attached hydrogen (secondary N) is 1. The quantitative estimate of drug-likeness (QED) is 0.687. The number of phenols is 1. The third-order valence-electron chi connectivity index (χ3n) is 1.85. The zero-order chi connectivity index (χ0) is 10.6. The summed E-state index contributed by atoms with van der Waals surface area (Å²) in [6.45, 7) is 0.124. The van der Waals surface area contributed by atoms with Crippen molar-refractivity contribution in [2.24, 2.45) is 0 Å². The van der Waals surface area contributed by atoms with E-state index < -0.39 is 0 Å². The van der Waals surface area contributed by atoms with Crippen molar-refractivity contribution in [3.05, 3.63) is 17.7 Å². The van der Waals surface area contributed by atoms with Crippen molar-refractivity contribution in [3.8, 4) is 17.2 Å². The van der Waals surface area contributed by atoms with Gasteiger partial charge in [0.15, 0.2) is 11.5 Å². The molecular formula is C9H14ClNO4. The molecule has 0 saturated carbocycles. The summed E-state index contributed by atoms with van der Waals surface area (Å²) in [5.74, 6) is 0.870. The maximum atomic E-state index is 9.61. The number of phenolic OH excluding ortho intramolecular Hbond substituents is 1. The number of hydroxylamine groups is 1. The minimum atomic E-state index is -0.00477. The van der Waals surface area contributed by atoms with Crippen LogP contribution in [-0.2, 0) is 6.54 Å². The van der Waals surface area contributed by atoms with E-state index in [1.807, 2.05) is 5.48 Å². The van der Waals surface area contributed by atoms with Gasteiger partial charge in [-0.2, -0.15) is 0 Å². The topological polar surface area (TPSA) is 71.0 Å².